The van der Waals surface area contributed by atoms with E-state index in [0.29, 0.717) is 5.56 Å². The Bertz CT molecular complexity index is 660. The zero-order valence-electron chi connectivity index (χ0n) is 12.5. The van der Waals surface area contributed by atoms with Crippen molar-refractivity contribution in [3.05, 3.63) is 35.4 Å². The van der Waals surface area contributed by atoms with Crippen LogP contribution in [0.5, 0.6) is 0 Å². The van der Waals surface area contributed by atoms with Crippen LogP contribution < -0.4 is 10.6 Å². The molecule has 6 heteroatoms. The molecule has 0 spiro atoms. The van der Waals surface area contributed by atoms with Gasteiger partial charge in [-0.25, -0.2) is 4.79 Å². The number of terminal acetylenes is 1. The van der Waals surface area contributed by atoms with Gasteiger partial charge in [0.1, 0.15) is 12.1 Å². The third kappa shape index (κ3) is 2.79. The summed E-state index contributed by atoms with van der Waals surface area (Å²) in [6.45, 7) is 3.26. The van der Waals surface area contributed by atoms with Crippen molar-refractivity contribution in [3.63, 3.8) is 0 Å². The number of aryl methyl sites for hydroxylation is 1. The first-order chi connectivity index (χ1) is 10.4. The van der Waals surface area contributed by atoms with Gasteiger partial charge < -0.3 is 10.6 Å². The van der Waals surface area contributed by atoms with Gasteiger partial charge in [0.25, 0.3) is 5.91 Å². The molecule has 114 valence electrons. The van der Waals surface area contributed by atoms with Gasteiger partial charge in [-0.1, -0.05) is 35.7 Å². The number of nitrogens with zero attached hydrogens (tertiary/aromatic N) is 1. The van der Waals surface area contributed by atoms with Crippen LogP contribution in [-0.4, -0.2) is 35.8 Å². The number of carbonyl (C=O) groups is 3. The lowest BCUT2D eigenvalue weighted by Crippen LogP contribution is -2.43. The van der Waals surface area contributed by atoms with Crippen molar-refractivity contribution in [2.24, 2.45) is 0 Å². The summed E-state index contributed by atoms with van der Waals surface area (Å²) in [7, 11) is 0. The highest BCUT2D eigenvalue weighted by Gasteiger charge is 2.49. The maximum Gasteiger partial charge on any atom is 0.325 e. The highest BCUT2D eigenvalue weighted by atomic mass is 16.2. The molecule has 1 aromatic rings. The molecule has 6 nitrogen and oxygen atoms in total. The lowest BCUT2D eigenvalue weighted by molar-refractivity contribution is -0.134. The minimum atomic E-state index is -1.17. The fourth-order valence-corrected chi connectivity index (χ4v) is 2.27. The van der Waals surface area contributed by atoms with Crippen molar-refractivity contribution < 1.29 is 14.4 Å². The average molecular weight is 299 g/mol. The van der Waals surface area contributed by atoms with Crippen LogP contribution in [-0.2, 0) is 15.1 Å². The molecule has 1 unspecified atom stereocenters. The Kier molecular flexibility index (Phi) is 4.18. The first kappa shape index (κ1) is 15.6. The number of rotatable bonds is 4. The number of amides is 4. The van der Waals surface area contributed by atoms with Crippen molar-refractivity contribution in [2.75, 3.05) is 13.1 Å². The minimum absolute atomic E-state index is 0.0533. The van der Waals surface area contributed by atoms with Crippen LogP contribution in [0.25, 0.3) is 0 Å². The van der Waals surface area contributed by atoms with Crippen LogP contribution in [0.1, 0.15) is 18.1 Å². The van der Waals surface area contributed by atoms with E-state index in [4.69, 9.17) is 6.42 Å². The summed E-state index contributed by atoms with van der Waals surface area (Å²) in [6.07, 6.45) is 5.05. The zero-order chi connectivity index (χ0) is 16.3. The molecule has 0 saturated carbocycles. The number of hydrogen-bond donors (Lipinski definition) is 2. The lowest BCUT2D eigenvalue weighted by Gasteiger charge is -2.22. The maximum absolute atomic E-state index is 12.6. The van der Waals surface area contributed by atoms with Gasteiger partial charge in [-0.3, -0.25) is 14.5 Å². The van der Waals surface area contributed by atoms with E-state index < -0.39 is 23.4 Å². The Morgan fingerprint density at radius 2 is 2.00 bits per heavy atom. The predicted octanol–water partition coefficient (Wildman–Crippen LogP) is 0.511. The number of hydrogen-bond acceptors (Lipinski definition) is 3. The van der Waals surface area contributed by atoms with Crippen LogP contribution in [0.4, 0.5) is 4.79 Å². The summed E-state index contributed by atoms with van der Waals surface area (Å²) < 4.78 is 0. The second kappa shape index (κ2) is 5.90. The van der Waals surface area contributed by atoms with Gasteiger partial charge in [-0.15, -0.1) is 6.42 Å². The molecule has 1 atom stereocenters. The quantitative estimate of drug-likeness (QED) is 0.628. The highest BCUT2D eigenvalue weighted by molar-refractivity contribution is 6.09. The number of benzene rings is 1. The van der Waals surface area contributed by atoms with Gasteiger partial charge >= 0.3 is 6.03 Å². The summed E-state index contributed by atoms with van der Waals surface area (Å²) in [4.78, 5) is 37.1. The molecule has 4 amide bonds. The van der Waals surface area contributed by atoms with Crippen LogP contribution in [0.2, 0.25) is 0 Å². The molecule has 2 rings (SSSR count). The summed E-state index contributed by atoms with van der Waals surface area (Å²) in [5.41, 5.74) is 0.551. The van der Waals surface area contributed by atoms with E-state index in [1.807, 2.05) is 19.1 Å². The summed E-state index contributed by atoms with van der Waals surface area (Å²) in [6, 6.07) is 6.71. The van der Waals surface area contributed by atoms with Crippen molar-refractivity contribution in [1.82, 2.24) is 15.5 Å². The summed E-state index contributed by atoms with van der Waals surface area (Å²) in [5, 5.41) is 5.07. The molecule has 1 aliphatic rings. The number of urea groups is 1. The minimum Gasteiger partial charge on any atom is -0.344 e. The maximum atomic E-state index is 12.6. The number of imide groups is 1. The Hall–Kier alpha value is -2.81. The molecule has 22 heavy (non-hydrogen) atoms. The molecule has 0 radical (unpaired) electrons. The fraction of sp³-hybridized carbons (Fsp3) is 0.312. The summed E-state index contributed by atoms with van der Waals surface area (Å²) >= 11 is 0. The molecule has 0 aliphatic carbocycles. The van der Waals surface area contributed by atoms with Crippen molar-refractivity contribution >= 4 is 17.8 Å². The van der Waals surface area contributed by atoms with E-state index in [9.17, 15) is 14.4 Å². The topological polar surface area (TPSA) is 78.5 Å². The second-order valence-corrected chi connectivity index (χ2v) is 5.29. The molecule has 1 fully saturated rings. The van der Waals surface area contributed by atoms with Crippen molar-refractivity contribution in [2.45, 2.75) is 19.4 Å². The summed E-state index contributed by atoms with van der Waals surface area (Å²) in [5.74, 6) is 1.32. The molecule has 1 heterocycles. The Balaban J connectivity index is 2.19. The highest BCUT2D eigenvalue weighted by Crippen LogP contribution is 2.28. The Morgan fingerprint density at radius 3 is 2.59 bits per heavy atom. The van der Waals surface area contributed by atoms with E-state index in [0.717, 1.165) is 10.5 Å². The van der Waals surface area contributed by atoms with Crippen LogP contribution >= 0.6 is 0 Å². The van der Waals surface area contributed by atoms with Crippen LogP contribution in [0.15, 0.2) is 24.3 Å². The Labute approximate surface area is 128 Å². The van der Waals surface area contributed by atoms with E-state index in [-0.39, 0.29) is 13.1 Å². The normalized spacial score (nSPS) is 20.5. The monoisotopic (exact) mass is 299 g/mol. The largest absolute Gasteiger partial charge is 0.344 e. The molecule has 0 aromatic heterocycles. The molecule has 1 aliphatic heterocycles. The predicted molar refractivity (Wildman–Crippen MR) is 80.6 cm³/mol. The molecule has 0 bridgehead atoms. The molecule has 1 aromatic carbocycles. The second-order valence-electron chi connectivity index (χ2n) is 5.29. The van der Waals surface area contributed by atoms with Gasteiger partial charge in [-0.05, 0) is 19.4 Å². The van der Waals surface area contributed by atoms with Gasteiger partial charge in [0, 0.05) is 0 Å². The van der Waals surface area contributed by atoms with E-state index in [2.05, 4.69) is 16.6 Å². The van der Waals surface area contributed by atoms with E-state index >= 15 is 0 Å². The Morgan fingerprint density at radius 1 is 1.36 bits per heavy atom. The third-order valence-corrected chi connectivity index (χ3v) is 3.59. The van der Waals surface area contributed by atoms with E-state index in [1.165, 1.54) is 0 Å². The van der Waals surface area contributed by atoms with Gasteiger partial charge in [0.2, 0.25) is 5.91 Å². The molecule has 1 saturated heterocycles. The molecular formula is C16H17N3O3. The third-order valence-electron chi connectivity index (χ3n) is 3.59. The van der Waals surface area contributed by atoms with Crippen LogP contribution in [0, 0.1) is 19.3 Å². The molecule has 2 N–H and O–H groups in total. The van der Waals surface area contributed by atoms with Crippen molar-refractivity contribution in [3.8, 4) is 12.3 Å². The smallest absolute Gasteiger partial charge is 0.325 e. The van der Waals surface area contributed by atoms with Crippen LogP contribution in [0.3, 0.4) is 0 Å². The molecular weight excluding hydrogens is 282 g/mol. The van der Waals surface area contributed by atoms with Gasteiger partial charge in [0.15, 0.2) is 0 Å². The lowest BCUT2D eigenvalue weighted by atomic mass is 9.91. The fourth-order valence-electron chi connectivity index (χ4n) is 2.27. The first-order valence-electron chi connectivity index (χ1n) is 6.80. The number of nitrogens with one attached hydrogen (secondary N) is 2. The standard InChI is InChI=1S/C16H17N3O3/c1-4-9-17-13(20)10-19-14(21)16(3,18-15(19)22)12-7-5-11(2)6-8-12/h1,5-8H,9-10H2,2-3H3,(H,17,20)(H,18,22). The average Bonchev–Trinajstić information content (AvgIpc) is 2.70. The van der Waals surface area contributed by atoms with E-state index in [1.54, 1.807) is 19.1 Å². The van der Waals surface area contributed by atoms with Crippen molar-refractivity contribution in [1.29, 1.82) is 0 Å². The van der Waals surface area contributed by atoms with Gasteiger partial charge in [0.05, 0.1) is 6.54 Å². The van der Waals surface area contributed by atoms with Gasteiger partial charge in [-0.2, -0.15) is 0 Å². The first-order valence-corrected chi connectivity index (χ1v) is 6.80. The SMILES string of the molecule is C#CCNC(=O)CN1C(=O)NC(C)(c2ccc(C)cc2)C1=O. The zero-order valence-corrected chi connectivity index (χ0v) is 12.5. The number of carbonyl (C=O) groups excluding carboxylic acids is 3.